The fourth-order valence-corrected chi connectivity index (χ4v) is 6.15. The standard InChI is InChI=1S/C28H24N2O6/c31-25-17-6-1-2-7-18(17)26(32)30(25)11-5-10-29-21-9-4-3-8-19(21)28(27(29)33)16-36-22-15-24-23(14-20(22)28)34-12-13-35-24/h1-4,6-8,14-15,21H,5,9-13,16H2. The minimum absolute atomic E-state index is 0.0137. The van der Waals surface area contributed by atoms with Crippen molar-refractivity contribution in [1.29, 1.82) is 0 Å². The van der Waals surface area contributed by atoms with Crippen LogP contribution in [0.1, 0.15) is 39.1 Å². The van der Waals surface area contributed by atoms with Crippen molar-refractivity contribution >= 4 is 17.7 Å². The molecule has 3 amide bonds. The van der Waals surface area contributed by atoms with E-state index in [2.05, 4.69) is 6.08 Å². The highest BCUT2D eigenvalue weighted by molar-refractivity contribution is 6.21. The van der Waals surface area contributed by atoms with Crippen molar-refractivity contribution in [3.05, 3.63) is 76.9 Å². The van der Waals surface area contributed by atoms with E-state index in [0.717, 1.165) is 11.1 Å². The number of nitrogens with zero attached hydrogens (tertiary/aromatic N) is 2. The van der Waals surface area contributed by atoms with E-state index in [9.17, 15) is 14.4 Å². The fraction of sp³-hybridized carbons (Fsp3) is 0.321. The molecule has 8 heteroatoms. The lowest BCUT2D eigenvalue weighted by Gasteiger charge is -2.26. The van der Waals surface area contributed by atoms with Crippen LogP contribution in [0.15, 0.2) is 60.2 Å². The average Bonchev–Trinajstić information content (AvgIpc) is 3.49. The topological polar surface area (TPSA) is 85.4 Å². The molecule has 0 radical (unpaired) electrons. The number of ether oxygens (including phenoxy) is 3. The summed E-state index contributed by atoms with van der Waals surface area (Å²) in [6.07, 6.45) is 7.31. The maximum Gasteiger partial charge on any atom is 0.261 e. The Morgan fingerprint density at radius 3 is 2.36 bits per heavy atom. The first-order valence-electron chi connectivity index (χ1n) is 12.3. The lowest BCUT2D eigenvalue weighted by molar-refractivity contribution is -0.133. The van der Waals surface area contributed by atoms with Crippen LogP contribution in [0.5, 0.6) is 17.2 Å². The number of carbonyl (C=O) groups excluding carboxylic acids is 3. The lowest BCUT2D eigenvalue weighted by Crippen LogP contribution is -2.42. The first-order chi connectivity index (χ1) is 17.6. The summed E-state index contributed by atoms with van der Waals surface area (Å²) < 4.78 is 17.6. The predicted molar refractivity (Wildman–Crippen MR) is 128 cm³/mol. The maximum absolute atomic E-state index is 14.1. The van der Waals surface area contributed by atoms with E-state index in [0.29, 0.717) is 61.0 Å². The van der Waals surface area contributed by atoms with Crippen molar-refractivity contribution in [3.8, 4) is 17.2 Å². The number of amides is 3. The second-order valence-electron chi connectivity index (χ2n) is 9.65. The van der Waals surface area contributed by atoms with Gasteiger partial charge in [-0.05, 0) is 36.6 Å². The summed E-state index contributed by atoms with van der Waals surface area (Å²) >= 11 is 0. The number of likely N-dealkylation sites (tertiary alicyclic amines) is 1. The van der Waals surface area contributed by atoms with E-state index in [4.69, 9.17) is 14.2 Å². The molecule has 4 aliphatic heterocycles. The van der Waals surface area contributed by atoms with Crippen LogP contribution in [0, 0.1) is 0 Å². The summed E-state index contributed by atoms with van der Waals surface area (Å²) in [5.41, 5.74) is 1.80. The third-order valence-corrected chi connectivity index (χ3v) is 7.83. The Morgan fingerprint density at radius 2 is 1.61 bits per heavy atom. The molecule has 1 saturated heterocycles. The van der Waals surface area contributed by atoms with Crippen molar-refractivity contribution in [2.24, 2.45) is 0 Å². The van der Waals surface area contributed by atoms with Gasteiger partial charge in [0.15, 0.2) is 11.5 Å². The molecule has 2 atom stereocenters. The second-order valence-corrected chi connectivity index (χ2v) is 9.65. The Bertz CT molecular complexity index is 1360. The molecule has 0 aromatic heterocycles. The van der Waals surface area contributed by atoms with Gasteiger partial charge >= 0.3 is 0 Å². The van der Waals surface area contributed by atoms with Gasteiger partial charge in [0, 0.05) is 24.7 Å². The molecule has 1 fully saturated rings. The third-order valence-electron chi connectivity index (χ3n) is 7.83. The minimum Gasteiger partial charge on any atom is -0.491 e. The SMILES string of the molecule is O=C1c2ccccc2C(=O)N1CCCN1C(=O)C2(COc3cc4c(cc32)OCCO4)C2=CC=CCC21. The van der Waals surface area contributed by atoms with Gasteiger partial charge in [0.2, 0.25) is 5.91 Å². The maximum atomic E-state index is 14.1. The molecule has 5 aliphatic rings. The summed E-state index contributed by atoms with van der Waals surface area (Å²) in [5.74, 6) is 1.35. The third kappa shape index (κ3) is 2.78. The normalized spacial score (nSPS) is 25.2. The van der Waals surface area contributed by atoms with E-state index in [1.54, 1.807) is 24.3 Å². The fourth-order valence-electron chi connectivity index (χ4n) is 6.15. The van der Waals surface area contributed by atoms with Crippen LogP contribution in [0.4, 0.5) is 0 Å². The molecule has 0 N–H and O–H groups in total. The molecule has 0 bridgehead atoms. The van der Waals surface area contributed by atoms with E-state index in [1.807, 2.05) is 29.2 Å². The molecule has 1 spiro atoms. The molecule has 2 unspecified atom stereocenters. The number of hydrogen-bond acceptors (Lipinski definition) is 6. The van der Waals surface area contributed by atoms with Gasteiger partial charge in [-0.2, -0.15) is 0 Å². The number of rotatable bonds is 4. The molecule has 36 heavy (non-hydrogen) atoms. The first kappa shape index (κ1) is 21.2. The minimum atomic E-state index is -0.907. The molecule has 182 valence electrons. The van der Waals surface area contributed by atoms with Gasteiger partial charge in [-0.1, -0.05) is 30.4 Å². The molecular weight excluding hydrogens is 460 g/mol. The monoisotopic (exact) mass is 484 g/mol. The summed E-state index contributed by atoms with van der Waals surface area (Å²) in [5, 5.41) is 0. The number of allylic oxidation sites excluding steroid dienone is 2. The van der Waals surface area contributed by atoms with E-state index in [-0.39, 0.29) is 36.9 Å². The van der Waals surface area contributed by atoms with Crippen LogP contribution >= 0.6 is 0 Å². The highest BCUT2D eigenvalue weighted by atomic mass is 16.6. The Balaban J connectivity index is 1.16. The summed E-state index contributed by atoms with van der Waals surface area (Å²) in [6.45, 7) is 1.87. The van der Waals surface area contributed by atoms with Crippen LogP contribution in [-0.4, -0.2) is 66.5 Å². The lowest BCUT2D eigenvalue weighted by atomic mass is 9.74. The quantitative estimate of drug-likeness (QED) is 0.621. The number of fused-ring (bicyclic) bond motifs is 6. The van der Waals surface area contributed by atoms with Crippen molar-refractivity contribution in [1.82, 2.24) is 9.80 Å². The van der Waals surface area contributed by atoms with E-state index >= 15 is 0 Å². The molecule has 7 rings (SSSR count). The molecule has 8 nitrogen and oxygen atoms in total. The zero-order valence-corrected chi connectivity index (χ0v) is 19.6. The largest absolute Gasteiger partial charge is 0.491 e. The van der Waals surface area contributed by atoms with Gasteiger partial charge in [0.25, 0.3) is 11.8 Å². The van der Waals surface area contributed by atoms with Crippen molar-refractivity contribution in [2.45, 2.75) is 24.3 Å². The van der Waals surface area contributed by atoms with Crippen LogP contribution < -0.4 is 14.2 Å². The smallest absolute Gasteiger partial charge is 0.261 e. The van der Waals surface area contributed by atoms with E-state index in [1.165, 1.54) is 4.90 Å². The van der Waals surface area contributed by atoms with Crippen LogP contribution in [0.2, 0.25) is 0 Å². The highest BCUT2D eigenvalue weighted by Gasteiger charge is 2.60. The van der Waals surface area contributed by atoms with Gasteiger partial charge in [0.05, 0.1) is 17.2 Å². The van der Waals surface area contributed by atoms with Crippen LogP contribution in [0.3, 0.4) is 0 Å². The second kappa shape index (κ2) is 7.71. The summed E-state index contributed by atoms with van der Waals surface area (Å²) in [4.78, 5) is 42.8. The number of carbonyl (C=O) groups is 3. The van der Waals surface area contributed by atoms with Gasteiger partial charge < -0.3 is 19.1 Å². The Hall–Kier alpha value is -4.07. The van der Waals surface area contributed by atoms with Gasteiger partial charge in [-0.3, -0.25) is 19.3 Å². The molecule has 0 saturated carbocycles. The summed E-state index contributed by atoms with van der Waals surface area (Å²) in [6, 6.07) is 10.5. The number of hydrogen-bond donors (Lipinski definition) is 0. The summed E-state index contributed by atoms with van der Waals surface area (Å²) in [7, 11) is 0. The van der Waals surface area contributed by atoms with Crippen LogP contribution in [0.25, 0.3) is 0 Å². The molecule has 1 aliphatic carbocycles. The average molecular weight is 485 g/mol. The molecule has 4 heterocycles. The molecular formula is C28H24N2O6. The van der Waals surface area contributed by atoms with Crippen molar-refractivity contribution in [3.63, 3.8) is 0 Å². The van der Waals surface area contributed by atoms with E-state index < -0.39 is 5.41 Å². The zero-order chi connectivity index (χ0) is 24.4. The number of imide groups is 1. The van der Waals surface area contributed by atoms with Crippen molar-refractivity contribution in [2.75, 3.05) is 32.9 Å². The molecule has 2 aromatic rings. The van der Waals surface area contributed by atoms with Gasteiger partial charge in [0.1, 0.15) is 31.0 Å². The van der Waals surface area contributed by atoms with Gasteiger partial charge in [-0.15, -0.1) is 0 Å². The Kier molecular flexibility index (Phi) is 4.55. The highest BCUT2D eigenvalue weighted by Crippen LogP contribution is 2.54. The van der Waals surface area contributed by atoms with Crippen molar-refractivity contribution < 1.29 is 28.6 Å². The zero-order valence-electron chi connectivity index (χ0n) is 19.6. The predicted octanol–water partition coefficient (Wildman–Crippen LogP) is 2.87. The molecule has 2 aromatic carbocycles. The Morgan fingerprint density at radius 1 is 0.889 bits per heavy atom. The van der Waals surface area contributed by atoms with Crippen LogP contribution in [-0.2, 0) is 10.2 Å². The van der Waals surface area contributed by atoms with Gasteiger partial charge in [-0.25, -0.2) is 0 Å². The Labute approximate surface area is 207 Å². The number of benzene rings is 2. The first-order valence-corrected chi connectivity index (χ1v) is 12.3.